The van der Waals surface area contributed by atoms with Crippen LogP contribution in [0.3, 0.4) is 0 Å². The number of carbonyl (C=O) groups excluding carboxylic acids is 4. The molecule has 13 heteroatoms. The largest absolute Gasteiger partial charge is 0.456 e. The van der Waals surface area contributed by atoms with Crippen LogP contribution in [-0.2, 0) is 42.9 Å². The van der Waals surface area contributed by atoms with Gasteiger partial charge in [0.05, 0.1) is 6.10 Å². The van der Waals surface area contributed by atoms with E-state index in [1.54, 1.807) is 13.0 Å². The number of esters is 3. The summed E-state index contributed by atoms with van der Waals surface area (Å²) in [6, 6.07) is 0. The predicted octanol–water partition coefficient (Wildman–Crippen LogP) is 1.34. The SMILES string of the molecule is CO[C@H]1C[C@H]2C=C[C@H]3[C@H]4O[C@]2(/C(C)=C/[C@@H](C)[C@@H]([C@@H](C)OC(=O)C[N+]25CC[N+](CC(N)=O)(CC2)CC5)OC1=O)[C@@H]3[C@H](O)[C@@H](C)[C@H]4OC(=O)C1=CC=CC1. The molecular formula is C39H55N3O10+2. The topological polar surface area (TPSA) is 161 Å². The number of aliphatic hydroxyl groups is 1. The fourth-order valence-corrected chi connectivity index (χ4v) is 10.6. The van der Waals surface area contributed by atoms with E-state index in [9.17, 15) is 24.3 Å². The molecule has 3 N–H and O–H groups in total. The molecule has 1 amide bonds. The second-order valence-electron chi connectivity index (χ2n) is 16.6. The second kappa shape index (κ2) is 13.8. The van der Waals surface area contributed by atoms with E-state index in [0.717, 1.165) is 44.8 Å². The number of methoxy groups -OCH3 is 1. The number of allylic oxidation sites excluding steroid dienone is 3. The molecule has 8 rings (SSSR count). The van der Waals surface area contributed by atoms with Crippen LogP contribution in [0.5, 0.6) is 0 Å². The molecule has 8 aliphatic rings. The molecule has 1 saturated carbocycles. The van der Waals surface area contributed by atoms with Gasteiger partial charge in [0.2, 0.25) is 0 Å². The molecule has 52 heavy (non-hydrogen) atoms. The van der Waals surface area contributed by atoms with Gasteiger partial charge in [-0.2, -0.15) is 0 Å². The summed E-state index contributed by atoms with van der Waals surface area (Å²) in [4.78, 5) is 52.2. The number of hydrogen-bond donors (Lipinski definition) is 2. The van der Waals surface area contributed by atoms with Gasteiger partial charge in [0.1, 0.15) is 69.3 Å². The molecule has 0 radical (unpaired) electrons. The number of ether oxygens (including phenoxy) is 5. The number of amides is 1. The van der Waals surface area contributed by atoms with Crippen molar-refractivity contribution < 1.29 is 56.9 Å². The van der Waals surface area contributed by atoms with Gasteiger partial charge >= 0.3 is 17.9 Å². The Morgan fingerprint density at radius 3 is 2.37 bits per heavy atom. The number of nitrogens with zero attached hydrogens (tertiary/aromatic N) is 2. The van der Waals surface area contributed by atoms with Crippen molar-refractivity contribution in [2.45, 2.75) is 82.8 Å². The Morgan fingerprint density at radius 2 is 1.75 bits per heavy atom. The Morgan fingerprint density at radius 1 is 1.08 bits per heavy atom. The van der Waals surface area contributed by atoms with Gasteiger partial charge in [-0.05, 0) is 32.3 Å². The molecule has 284 valence electrons. The Bertz CT molecular complexity index is 1580. The van der Waals surface area contributed by atoms with Crippen molar-refractivity contribution in [2.75, 3.05) is 59.5 Å². The summed E-state index contributed by atoms with van der Waals surface area (Å²) in [5, 5.41) is 12.0. The highest BCUT2D eigenvalue weighted by atomic mass is 16.6. The number of primary amides is 1. The van der Waals surface area contributed by atoms with Crippen LogP contribution >= 0.6 is 0 Å². The minimum absolute atomic E-state index is 0.205. The monoisotopic (exact) mass is 725 g/mol. The van der Waals surface area contributed by atoms with E-state index in [4.69, 9.17) is 29.4 Å². The standard InChI is InChI=1S/C39H54N3O10/c1-22-18-23(2)39-27(10-11-28-32(39)33(45)24(3)35(36(28)52-39)51-37(46)26-8-6-7-9-26)19-29(48-5)38(47)50-34(22)25(4)49-31(44)21-42-15-12-41(13-16-42,14-17-42)20-30(40)43/h6-8,10-11,18,22,24-25,27-29,32-36,45H,9,12-17,19-21H2,1-5H3,(H-,40,43)/q+1/p+1/b23-18+/t22-,24-,25-,27-,28-,29+,32+,33-,34+,35-,36-,39+,41?,42?/m1/s1. The van der Waals surface area contributed by atoms with E-state index in [1.807, 2.05) is 39.0 Å². The third kappa shape index (κ3) is 6.25. The van der Waals surface area contributed by atoms with E-state index in [2.05, 4.69) is 12.2 Å². The van der Waals surface area contributed by atoms with E-state index in [-0.39, 0.29) is 42.6 Å². The normalized spacial score (nSPS) is 44.8. The fourth-order valence-electron chi connectivity index (χ4n) is 10.6. The molecular weight excluding hydrogens is 670 g/mol. The molecule has 4 saturated heterocycles. The number of fused-ring (bicyclic) bond motifs is 3. The van der Waals surface area contributed by atoms with Crippen LogP contribution in [0.4, 0.5) is 0 Å². The highest BCUT2D eigenvalue weighted by molar-refractivity contribution is 5.90. The molecule has 1 spiro atoms. The first-order valence-electron chi connectivity index (χ1n) is 18.9. The van der Waals surface area contributed by atoms with Gasteiger partial charge in [0, 0.05) is 42.3 Å². The molecule has 13 nitrogen and oxygen atoms in total. The van der Waals surface area contributed by atoms with Crippen molar-refractivity contribution in [3.05, 3.63) is 47.6 Å². The number of carbonyl (C=O) groups is 4. The third-order valence-electron chi connectivity index (χ3n) is 13.6. The first-order chi connectivity index (χ1) is 24.7. The molecule has 3 aliphatic carbocycles. The smallest absolute Gasteiger partial charge is 0.362 e. The van der Waals surface area contributed by atoms with Crippen molar-refractivity contribution in [3.63, 3.8) is 0 Å². The number of hydrogen-bond acceptors (Lipinski definition) is 10. The number of piperazine rings is 3. The van der Waals surface area contributed by atoms with E-state index in [0.29, 0.717) is 27.5 Å². The third-order valence-corrected chi connectivity index (χ3v) is 13.6. The molecule has 5 fully saturated rings. The molecule has 0 aromatic rings. The molecule has 12 atom stereocenters. The summed E-state index contributed by atoms with van der Waals surface area (Å²) in [5.41, 5.74) is 5.98. The van der Waals surface area contributed by atoms with Crippen molar-refractivity contribution in [1.82, 2.24) is 0 Å². The highest BCUT2D eigenvalue weighted by Gasteiger charge is 2.69. The van der Waals surface area contributed by atoms with Gasteiger partial charge in [-0.1, -0.05) is 50.3 Å². The second-order valence-corrected chi connectivity index (χ2v) is 16.6. The molecule has 5 aliphatic heterocycles. The van der Waals surface area contributed by atoms with Crippen molar-refractivity contribution >= 4 is 23.8 Å². The average Bonchev–Trinajstić information content (AvgIpc) is 3.71. The van der Waals surface area contributed by atoms with Crippen molar-refractivity contribution in [2.24, 2.45) is 35.3 Å². The lowest BCUT2D eigenvalue weighted by molar-refractivity contribution is -1.07. The maximum Gasteiger partial charge on any atom is 0.362 e. The van der Waals surface area contributed by atoms with Gasteiger partial charge in [-0.25, -0.2) is 14.4 Å². The van der Waals surface area contributed by atoms with Crippen LogP contribution in [-0.4, -0.2) is 140 Å². The lowest BCUT2D eigenvalue weighted by Gasteiger charge is -2.54. The zero-order chi connectivity index (χ0) is 37.2. The summed E-state index contributed by atoms with van der Waals surface area (Å²) in [5.74, 6) is -3.31. The van der Waals surface area contributed by atoms with Crippen LogP contribution in [0.25, 0.3) is 0 Å². The highest BCUT2D eigenvalue weighted by Crippen LogP contribution is 2.61. The summed E-state index contributed by atoms with van der Waals surface area (Å²) >= 11 is 0. The van der Waals surface area contributed by atoms with Crippen molar-refractivity contribution in [3.8, 4) is 0 Å². The quantitative estimate of drug-likeness (QED) is 0.154. The first kappa shape index (κ1) is 37.0. The Balaban J connectivity index is 1.12. The molecule has 6 bridgehead atoms. The first-order valence-corrected chi connectivity index (χ1v) is 18.9. The van der Waals surface area contributed by atoms with E-state index >= 15 is 0 Å². The Kier molecular flexibility index (Phi) is 9.82. The van der Waals surface area contributed by atoms with Crippen LogP contribution in [0.2, 0.25) is 0 Å². The molecule has 0 aromatic carbocycles. The summed E-state index contributed by atoms with van der Waals surface area (Å²) in [6.07, 6.45) is 7.82. The average molecular weight is 726 g/mol. The summed E-state index contributed by atoms with van der Waals surface area (Å²) in [6.45, 7) is 12.8. The van der Waals surface area contributed by atoms with Crippen LogP contribution in [0.1, 0.15) is 40.5 Å². The zero-order valence-corrected chi connectivity index (χ0v) is 31.0. The number of nitrogens with two attached hydrogens (primary N) is 1. The molecule has 5 heterocycles. The minimum atomic E-state index is -0.999. The Labute approximate surface area is 305 Å². The number of rotatable bonds is 9. The Hall–Kier alpha value is -3.36. The molecule has 0 aromatic heterocycles. The fraction of sp³-hybridized carbons (Fsp3) is 0.692. The lowest BCUT2D eigenvalue weighted by atomic mass is 9.57. The van der Waals surface area contributed by atoms with E-state index < -0.39 is 66.0 Å². The van der Waals surface area contributed by atoms with Crippen molar-refractivity contribution in [1.29, 1.82) is 0 Å². The summed E-state index contributed by atoms with van der Waals surface area (Å²) in [7, 11) is 1.47. The van der Waals surface area contributed by atoms with Crippen LogP contribution < -0.4 is 5.73 Å². The number of quaternary nitrogens is 2. The molecule has 0 unspecified atom stereocenters. The van der Waals surface area contributed by atoms with Gasteiger partial charge in [-0.15, -0.1) is 0 Å². The minimum Gasteiger partial charge on any atom is -0.456 e. The number of cyclic esters (lactones) is 1. The van der Waals surface area contributed by atoms with Gasteiger partial charge in [0.15, 0.2) is 19.2 Å². The van der Waals surface area contributed by atoms with Crippen LogP contribution in [0, 0.1) is 29.6 Å². The zero-order valence-electron chi connectivity index (χ0n) is 31.0. The maximum absolute atomic E-state index is 13.8. The predicted molar refractivity (Wildman–Crippen MR) is 187 cm³/mol. The lowest BCUT2D eigenvalue weighted by Crippen LogP contribution is -2.76. The maximum atomic E-state index is 13.8. The van der Waals surface area contributed by atoms with Crippen LogP contribution in [0.15, 0.2) is 47.6 Å². The number of aliphatic hydroxyl groups excluding tert-OH is 1. The summed E-state index contributed by atoms with van der Waals surface area (Å²) < 4.78 is 32.5. The van der Waals surface area contributed by atoms with E-state index in [1.165, 1.54) is 7.11 Å². The van der Waals surface area contributed by atoms with Gasteiger partial charge in [0.25, 0.3) is 5.91 Å². The van der Waals surface area contributed by atoms with Gasteiger partial charge < -0.3 is 43.5 Å². The van der Waals surface area contributed by atoms with Gasteiger partial charge in [-0.3, -0.25) is 4.79 Å².